The summed E-state index contributed by atoms with van der Waals surface area (Å²) in [6, 6.07) is 0. The van der Waals surface area contributed by atoms with Crippen LogP contribution in [-0.2, 0) is 38.1 Å². The van der Waals surface area contributed by atoms with Gasteiger partial charge in [0, 0.05) is 0 Å². The molecule has 0 heterocycles. The number of carbonyl (C=O) groups is 4. The minimum atomic E-state index is -1.76. The van der Waals surface area contributed by atoms with E-state index in [0.717, 1.165) is 0 Å². The smallest absolute Gasteiger partial charge is 0.408 e. The summed E-state index contributed by atoms with van der Waals surface area (Å²) in [4.78, 5) is 100. The summed E-state index contributed by atoms with van der Waals surface area (Å²) in [5.74, 6) is 0. The van der Waals surface area contributed by atoms with E-state index in [2.05, 4.69) is 41.2 Å². The van der Waals surface area contributed by atoms with Crippen LogP contribution in [0, 0.1) is 5.41 Å². The van der Waals surface area contributed by atoms with Crippen molar-refractivity contribution in [1.82, 2.24) is 21.3 Å². The molecular formula is C17H20N8O12. The lowest BCUT2D eigenvalue weighted by molar-refractivity contribution is -0.0485. The molecule has 0 fully saturated rings. The zero-order valence-corrected chi connectivity index (χ0v) is 18.8. The molecule has 0 aromatic carbocycles. The van der Waals surface area contributed by atoms with Crippen LogP contribution in [0.5, 0.6) is 0 Å². The van der Waals surface area contributed by atoms with Crippen molar-refractivity contribution in [3.05, 3.63) is 0 Å². The van der Waals surface area contributed by atoms with E-state index in [9.17, 15) is 38.4 Å². The number of aliphatic imine (C=N–C) groups is 4. The highest BCUT2D eigenvalue weighted by atomic mass is 16.6. The molecule has 0 aromatic rings. The van der Waals surface area contributed by atoms with Crippen LogP contribution in [-0.4, -0.2) is 102 Å². The Morgan fingerprint density at radius 3 is 0.892 bits per heavy atom. The fraction of sp³-hybridized carbons (Fsp3) is 0.529. The zero-order chi connectivity index (χ0) is 27.8. The van der Waals surface area contributed by atoms with Gasteiger partial charge in [0.25, 0.3) is 0 Å². The Balaban J connectivity index is 5.64. The number of carbonyl (C=O) groups excluding carboxylic acids is 8. The van der Waals surface area contributed by atoms with Crippen LogP contribution in [0.25, 0.3) is 0 Å². The van der Waals surface area contributed by atoms with E-state index in [1.807, 2.05) is 0 Å². The summed E-state index contributed by atoms with van der Waals surface area (Å²) in [6.07, 6.45) is 0.202. The zero-order valence-electron chi connectivity index (χ0n) is 18.8. The van der Waals surface area contributed by atoms with Gasteiger partial charge in [-0.05, 0) is 0 Å². The highest BCUT2D eigenvalue weighted by molar-refractivity contribution is 5.69. The highest BCUT2D eigenvalue weighted by Crippen LogP contribution is 2.21. The fourth-order valence-electron chi connectivity index (χ4n) is 1.87. The lowest BCUT2D eigenvalue weighted by Gasteiger charge is -2.31. The summed E-state index contributed by atoms with van der Waals surface area (Å²) in [6.45, 7) is -4.83. The van der Waals surface area contributed by atoms with E-state index in [-0.39, 0.29) is 0 Å². The van der Waals surface area contributed by atoms with E-state index in [1.165, 1.54) is 24.3 Å². The van der Waals surface area contributed by atoms with Gasteiger partial charge < -0.3 is 40.2 Å². The van der Waals surface area contributed by atoms with Gasteiger partial charge in [-0.2, -0.15) is 20.0 Å². The Bertz CT molecular complexity index is 821. The average Bonchev–Trinajstić information content (AvgIpc) is 2.88. The van der Waals surface area contributed by atoms with Crippen molar-refractivity contribution in [2.24, 2.45) is 25.4 Å². The molecule has 0 aliphatic carbocycles. The third-order valence-electron chi connectivity index (χ3n) is 3.51. The first kappa shape index (κ1) is 31.6. The largest absolute Gasteiger partial charge is 0.449 e. The Morgan fingerprint density at radius 2 is 0.703 bits per heavy atom. The molecule has 0 rings (SSSR count). The molecule has 0 saturated carbocycles. The molecule has 200 valence electrons. The molecule has 4 N–H and O–H groups in total. The molecule has 0 aromatic heterocycles. The SMILES string of the molecule is O=C=NCNC(=O)OCC(COC(=O)NCN=C=O)(COC(=O)NCN=C=O)COC(=O)NCN=C=O. The van der Waals surface area contributed by atoms with Gasteiger partial charge in [0.2, 0.25) is 24.3 Å². The van der Waals surface area contributed by atoms with Crippen molar-refractivity contribution in [1.29, 1.82) is 0 Å². The first-order chi connectivity index (χ1) is 17.8. The molecule has 0 bridgehead atoms. The predicted molar refractivity (Wildman–Crippen MR) is 112 cm³/mol. The van der Waals surface area contributed by atoms with Crippen LogP contribution in [0.3, 0.4) is 0 Å². The molecule has 20 nitrogen and oxygen atoms in total. The number of rotatable bonds is 16. The maximum atomic E-state index is 11.9. The van der Waals surface area contributed by atoms with Crippen molar-refractivity contribution in [2.75, 3.05) is 53.1 Å². The van der Waals surface area contributed by atoms with Gasteiger partial charge in [-0.15, -0.1) is 0 Å². The van der Waals surface area contributed by atoms with Gasteiger partial charge in [0.05, 0.1) is 0 Å². The van der Waals surface area contributed by atoms with Crippen molar-refractivity contribution in [2.45, 2.75) is 0 Å². The van der Waals surface area contributed by atoms with E-state index < -0.39 is 82.9 Å². The predicted octanol–water partition coefficient (Wildman–Crippen LogP) is -1.95. The van der Waals surface area contributed by atoms with E-state index in [0.29, 0.717) is 0 Å². The van der Waals surface area contributed by atoms with Crippen molar-refractivity contribution >= 4 is 48.7 Å². The third kappa shape index (κ3) is 16.8. The minimum absolute atomic E-state index is 0.488. The molecular weight excluding hydrogens is 508 g/mol. The Labute approximate surface area is 206 Å². The van der Waals surface area contributed by atoms with Gasteiger partial charge in [-0.3, -0.25) is 0 Å². The van der Waals surface area contributed by atoms with Crippen molar-refractivity contribution in [3.63, 3.8) is 0 Å². The Hall–Kier alpha value is -5.40. The number of nitrogens with one attached hydrogen (secondary N) is 4. The summed E-state index contributed by atoms with van der Waals surface area (Å²) in [7, 11) is 0. The van der Waals surface area contributed by atoms with Crippen LogP contribution >= 0.6 is 0 Å². The lowest BCUT2D eigenvalue weighted by atomic mass is 9.92. The molecule has 20 heteroatoms. The number of amides is 4. The Kier molecular flexibility index (Phi) is 17.1. The van der Waals surface area contributed by atoms with Crippen LogP contribution in [0.1, 0.15) is 0 Å². The number of hydrogen-bond donors (Lipinski definition) is 4. The quantitative estimate of drug-likeness (QED) is 0.0966. The molecule has 0 aliphatic heterocycles. The Morgan fingerprint density at radius 1 is 0.486 bits per heavy atom. The van der Waals surface area contributed by atoms with E-state index >= 15 is 0 Å². The van der Waals surface area contributed by atoms with Crippen LogP contribution < -0.4 is 21.3 Å². The number of ether oxygens (including phenoxy) is 4. The van der Waals surface area contributed by atoms with Gasteiger partial charge in [0.15, 0.2) is 0 Å². The van der Waals surface area contributed by atoms with Crippen molar-refractivity contribution < 1.29 is 57.3 Å². The molecule has 0 radical (unpaired) electrons. The fourth-order valence-corrected chi connectivity index (χ4v) is 1.87. The summed E-state index contributed by atoms with van der Waals surface area (Å²) in [5.41, 5.74) is -1.76. The highest BCUT2D eigenvalue weighted by Gasteiger charge is 2.38. The monoisotopic (exact) mass is 528 g/mol. The lowest BCUT2D eigenvalue weighted by Crippen LogP contribution is -2.46. The summed E-state index contributed by atoms with van der Waals surface area (Å²) in [5, 5.41) is 8.23. The number of nitrogens with zero attached hydrogens (tertiary/aromatic N) is 4. The average molecular weight is 528 g/mol. The van der Waals surface area contributed by atoms with Gasteiger partial charge in [-0.25, -0.2) is 38.4 Å². The first-order valence-electron chi connectivity index (χ1n) is 9.59. The third-order valence-corrected chi connectivity index (χ3v) is 3.51. The van der Waals surface area contributed by atoms with E-state index in [4.69, 9.17) is 18.9 Å². The molecule has 0 unspecified atom stereocenters. The normalized spacial score (nSPS) is 10.6. The number of alkyl carbamates (subject to hydrolysis) is 4. The molecule has 0 spiro atoms. The minimum Gasteiger partial charge on any atom is -0.449 e. The molecule has 0 aliphatic rings. The molecule has 37 heavy (non-hydrogen) atoms. The number of hydrogen-bond acceptors (Lipinski definition) is 16. The summed E-state index contributed by atoms with van der Waals surface area (Å²) >= 11 is 0. The van der Waals surface area contributed by atoms with Gasteiger partial charge >= 0.3 is 24.4 Å². The van der Waals surface area contributed by atoms with Crippen LogP contribution in [0.2, 0.25) is 0 Å². The van der Waals surface area contributed by atoms with Crippen LogP contribution in [0.15, 0.2) is 20.0 Å². The standard InChI is InChI=1S/C17H20N8O12/c26-9-18-5-22-13(30)34-1-17(2-35-14(31)23-6-19-10-27,3-36-15(32)24-7-20-11-28)4-37-16(33)25-8-21-12-29/h1-8H2,(H,22,30)(H,23,31)(H,24,32)(H,25,33). The maximum Gasteiger partial charge on any atom is 0.408 e. The second-order valence-electron chi connectivity index (χ2n) is 6.14. The molecule has 0 saturated heterocycles. The topological polar surface area (TPSA) is 271 Å². The maximum absolute atomic E-state index is 11.9. The van der Waals surface area contributed by atoms with Gasteiger partial charge in [0.1, 0.15) is 58.5 Å². The molecule has 0 atom stereocenters. The van der Waals surface area contributed by atoms with E-state index in [1.54, 1.807) is 0 Å². The van der Waals surface area contributed by atoms with Gasteiger partial charge in [-0.1, -0.05) is 0 Å². The summed E-state index contributed by atoms with van der Waals surface area (Å²) < 4.78 is 19.8. The van der Waals surface area contributed by atoms with Crippen molar-refractivity contribution in [3.8, 4) is 0 Å². The number of isocyanates is 4. The first-order valence-corrected chi connectivity index (χ1v) is 9.59. The van der Waals surface area contributed by atoms with Crippen LogP contribution in [0.4, 0.5) is 19.2 Å². The second kappa shape index (κ2) is 20.0. The second-order valence-corrected chi connectivity index (χ2v) is 6.14. The molecule has 4 amide bonds.